The maximum absolute atomic E-state index is 12.3. The smallest absolute Gasteiger partial charge is 0.266 e. The van der Waals surface area contributed by atoms with Gasteiger partial charge in [-0.2, -0.15) is 5.26 Å². The van der Waals surface area contributed by atoms with Crippen LogP contribution >= 0.6 is 0 Å². The number of terminal acetylenes is 1. The van der Waals surface area contributed by atoms with E-state index in [9.17, 15) is 10.1 Å². The molecule has 2 aromatic carbocycles. The fourth-order valence-electron chi connectivity index (χ4n) is 1.99. The van der Waals surface area contributed by atoms with E-state index in [1.807, 2.05) is 25.1 Å². The third kappa shape index (κ3) is 4.50. The normalized spacial score (nSPS) is 10.4. The van der Waals surface area contributed by atoms with Gasteiger partial charge in [-0.25, -0.2) is 0 Å². The molecule has 0 fully saturated rings. The van der Waals surface area contributed by atoms with Crippen molar-refractivity contribution in [2.45, 2.75) is 6.92 Å². The van der Waals surface area contributed by atoms with Crippen molar-refractivity contribution in [3.05, 3.63) is 65.2 Å². The lowest BCUT2D eigenvalue weighted by atomic mass is 10.1. The zero-order chi connectivity index (χ0) is 17.4. The molecule has 0 heterocycles. The molecule has 0 aliphatic heterocycles. The lowest BCUT2D eigenvalue weighted by Crippen LogP contribution is -2.13. The van der Waals surface area contributed by atoms with Crippen LogP contribution in [-0.2, 0) is 4.79 Å². The number of nitrogens with one attached hydrogen (secondary N) is 1. The molecule has 0 unspecified atom stereocenters. The van der Waals surface area contributed by atoms with Crippen molar-refractivity contribution in [3.8, 4) is 24.2 Å². The van der Waals surface area contributed by atoms with Gasteiger partial charge >= 0.3 is 0 Å². The van der Waals surface area contributed by atoms with E-state index < -0.39 is 5.91 Å². The van der Waals surface area contributed by atoms with E-state index in [4.69, 9.17) is 11.2 Å². The van der Waals surface area contributed by atoms with Gasteiger partial charge in [0.25, 0.3) is 5.91 Å². The van der Waals surface area contributed by atoms with Crippen LogP contribution in [0.15, 0.2) is 54.1 Å². The van der Waals surface area contributed by atoms with Gasteiger partial charge in [-0.1, -0.05) is 41.8 Å². The summed E-state index contributed by atoms with van der Waals surface area (Å²) in [7, 11) is 0. The van der Waals surface area contributed by atoms with Crippen molar-refractivity contribution in [1.82, 2.24) is 0 Å². The van der Waals surface area contributed by atoms with E-state index in [0.717, 1.165) is 5.56 Å². The summed E-state index contributed by atoms with van der Waals surface area (Å²) >= 11 is 0. The number of nitrogens with zero attached hydrogens (tertiary/aromatic N) is 1. The average Bonchev–Trinajstić information content (AvgIpc) is 2.60. The Labute approximate surface area is 141 Å². The Balaban J connectivity index is 2.23. The molecule has 2 rings (SSSR count). The molecular formula is C20H16N2O2. The molecule has 118 valence electrons. The second kappa shape index (κ2) is 8.22. The number of para-hydroxylation sites is 1. The van der Waals surface area contributed by atoms with Crippen molar-refractivity contribution >= 4 is 17.7 Å². The number of carbonyl (C=O) groups excluding carboxylic acids is 1. The summed E-state index contributed by atoms with van der Waals surface area (Å²) in [6.07, 6.45) is 6.67. The minimum absolute atomic E-state index is 0.0210. The highest BCUT2D eigenvalue weighted by Crippen LogP contribution is 2.21. The second-order valence-electron chi connectivity index (χ2n) is 5.02. The maximum Gasteiger partial charge on any atom is 0.266 e. The number of rotatable bonds is 5. The predicted octanol–water partition coefficient (Wildman–Crippen LogP) is 3.55. The summed E-state index contributed by atoms with van der Waals surface area (Å²) in [5, 5.41) is 12.0. The Morgan fingerprint density at radius 1 is 1.25 bits per heavy atom. The molecule has 0 aliphatic carbocycles. The summed E-state index contributed by atoms with van der Waals surface area (Å²) in [6, 6.07) is 16.3. The zero-order valence-corrected chi connectivity index (χ0v) is 13.2. The van der Waals surface area contributed by atoms with Gasteiger partial charge in [0.1, 0.15) is 24.0 Å². The third-order valence-electron chi connectivity index (χ3n) is 3.20. The van der Waals surface area contributed by atoms with E-state index in [1.165, 1.54) is 6.08 Å². The van der Waals surface area contributed by atoms with E-state index >= 15 is 0 Å². The Bertz CT molecular complexity index is 837. The Morgan fingerprint density at radius 3 is 2.62 bits per heavy atom. The summed E-state index contributed by atoms with van der Waals surface area (Å²) < 4.78 is 5.42. The molecular weight excluding hydrogens is 300 g/mol. The minimum Gasteiger partial charge on any atom is -0.480 e. The highest BCUT2D eigenvalue weighted by molar-refractivity contribution is 6.09. The quantitative estimate of drug-likeness (QED) is 0.521. The average molecular weight is 316 g/mol. The van der Waals surface area contributed by atoms with Gasteiger partial charge in [0.05, 0.1) is 0 Å². The standard InChI is InChI=1S/C20H16N2O2/c1-3-12-24-19-7-5-4-6-16(19)13-17(14-21)20(23)22-18-10-8-15(2)9-11-18/h1,4-11,13H,12H2,2H3,(H,22,23)/b17-13+. The monoisotopic (exact) mass is 316 g/mol. The van der Waals surface area contributed by atoms with Gasteiger partial charge in [-0.05, 0) is 31.2 Å². The summed E-state index contributed by atoms with van der Waals surface area (Å²) in [6.45, 7) is 2.07. The van der Waals surface area contributed by atoms with Gasteiger partial charge < -0.3 is 10.1 Å². The Morgan fingerprint density at radius 2 is 1.96 bits per heavy atom. The van der Waals surface area contributed by atoms with Gasteiger partial charge in [0.2, 0.25) is 0 Å². The predicted molar refractivity (Wildman–Crippen MR) is 94.2 cm³/mol. The van der Waals surface area contributed by atoms with E-state index in [1.54, 1.807) is 36.4 Å². The van der Waals surface area contributed by atoms with Crippen LogP contribution in [0, 0.1) is 30.6 Å². The van der Waals surface area contributed by atoms with E-state index in [2.05, 4.69) is 11.2 Å². The van der Waals surface area contributed by atoms with Crippen molar-refractivity contribution in [3.63, 3.8) is 0 Å². The fraction of sp³-hybridized carbons (Fsp3) is 0.100. The zero-order valence-electron chi connectivity index (χ0n) is 13.2. The second-order valence-corrected chi connectivity index (χ2v) is 5.02. The van der Waals surface area contributed by atoms with Crippen LogP contribution in [0.5, 0.6) is 5.75 Å². The molecule has 1 N–H and O–H groups in total. The number of hydrogen-bond donors (Lipinski definition) is 1. The van der Waals surface area contributed by atoms with E-state index in [0.29, 0.717) is 17.0 Å². The first-order valence-electron chi connectivity index (χ1n) is 7.29. The van der Waals surface area contributed by atoms with E-state index in [-0.39, 0.29) is 12.2 Å². The molecule has 1 amide bonds. The molecule has 0 spiro atoms. The number of ether oxygens (including phenoxy) is 1. The Kier molecular flexibility index (Phi) is 5.77. The first-order valence-corrected chi connectivity index (χ1v) is 7.29. The number of carbonyl (C=O) groups is 1. The van der Waals surface area contributed by atoms with Gasteiger partial charge in [0, 0.05) is 11.3 Å². The van der Waals surface area contributed by atoms with Gasteiger partial charge in [-0.3, -0.25) is 4.79 Å². The van der Waals surface area contributed by atoms with Crippen molar-refractivity contribution in [2.75, 3.05) is 11.9 Å². The molecule has 24 heavy (non-hydrogen) atoms. The highest BCUT2D eigenvalue weighted by Gasteiger charge is 2.11. The first-order chi connectivity index (χ1) is 11.6. The molecule has 0 aromatic heterocycles. The largest absolute Gasteiger partial charge is 0.480 e. The summed E-state index contributed by atoms with van der Waals surface area (Å²) in [5.41, 5.74) is 2.31. The lowest BCUT2D eigenvalue weighted by Gasteiger charge is -2.07. The number of aryl methyl sites for hydroxylation is 1. The van der Waals surface area contributed by atoms with Crippen LogP contribution in [-0.4, -0.2) is 12.5 Å². The van der Waals surface area contributed by atoms with Crippen LogP contribution in [0.4, 0.5) is 5.69 Å². The van der Waals surface area contributed by atoms with Crippen molar-refractivity contribution < 1.29 is 9.53 Å². The Hall–Kier alpha value is -3.50. The molecule has 0 atom stereocenters. The number of benzene rings is 2. The molecule has 0 aliphatic rings. The van der Waals surface area contributed by atoms with Crippen LogP contribution in [0.2, 0.25) is 0 Å². The SMILES string of the molecule is C#CCOc1ccccc1/C=C(\C#N)C(=O)Nc1ccc(C)cc1. The van der Waals surface area contributed by atoms with Crippen molar-refractivity contribution in [2.24, 2.45) is 0 Å². The van der Waals surface area contributed by atoms with Crippen molar-refractivity contribution in [1.29, 1.82) is 5.26 Å². The van der Waals surface area contributed by atoms with Crippen LogP contribution in [0.25, 0.3) is 6.08 Å². The van der Waals surface area contributed by atoms with Gasteiger partial charge in [-0.15, -0.1) is 6.42 Å². The topological polar surface area (TPSA) is 62.1 Å². The molecule has 0 radical (unpaired) electrons. The minimum atomic E-state index is -0.479. The van der Waals surface area contributed by atoms with Crippen LogP contribution in [0.3, 0.4) is 0 Å². The summed E-state index contributed by atoms with van der Waals surface area (Å²) in [4.78, 5) is 12.3. The molecule has 0 bridgehead atoms. The van der Waals surface area contributed by atoms with Crippen LogP contribution in [0.1, 0.15) is 11.1 Å². The molecule has 0 saturated heterocycles. The molecule has 2 aromatic rings. The highest BCUT2D eigenvalue weighted by atomic mass is 16.5. The fourth-order valence-corrected chi connectivity index (χ4v) is 1.99. The number of hydrogen-bond acceptors (Lipinski definition) is 3. The number of anilines is 1. The molecule has 4 nitrogen and oxygen atoms in total. The maximum atomic E-state index is 12.3. The van der Waals surface area contributed by atoms with Crippen LogP contribution < -0.4 is 10.1 Å². The molecule has 4 heteroatoms. The first kappa shape index (κ1) is 16.9. The number of amides is 1. The third-order valence-corrected chi connectivity index (χ3v) is 3.20. The molecule has 0 saturated carbocycles. The summed E-state index contributed by atoms with van der Waals surface area (Å²) in [5.74, 6) is 2.42. The lowest BCUT2D eigenvalue weighted by molar-refractivity contribution is -0.112. The van der Waals surface area contributed by atoms with Gasteiger partial charge in [0.15, 0.2) is 0 Å². The number of nitriles is 1.